The Labute approximate surface area is 144 Å². The molecular formula is C12H15Br2NO4S2. The van der Waals surface area contributed by atoms with Gasteiger partial charge in [-0.3, -0.25) is 4.79 Å². The van der Waals surface area contributed by atoms with Gasteiger partial charge in [-0.25, -0.2) is 8.42 Å². The molecule has 1 aromatic heterocycles. The summed E-state index contributed by atoms with van der Waals surface area (Å²) in [5, 5.41) is 0. The predicted octanol–water partition coefficient (Wildman–Crippen LogP) is 2.55. The second-order valence-corrected chi connectivity index (χ2v) is 10.8. The number of amides is 1. The van der Waals surface area contributed by atoms with Crippen LogP contribution in [0.25, 0.3) is 0 Å². The van der Waals surface area contributed by atoms with Crippen LogP contribution in [0.15, 0.2) is 13.6 Å². The summed E-state index contributed by atoms with van der Waals surface area (Å²) in [6, 6.07) is 1.48. The predicted molar refractivity (Wildman–Crippen MR) is 89.7 cm³/mol. The average Bonchev–Trinajstić information content (AvgIpc) is 2.92. The lowest BCUT2D eigenvalue weighted by Crippen LogP contribution is -2.43. The second kappa shape index (κ2) is 7.08. The topological polar surface area (TPSA) is 63.7 Å². The molecule has 1 saturated heterocycles. The van der Waals surface area contributed by atoms with Crippen molar-refractivity contribution in [2.45, 2.75) is 12.5 Å². The van der Waals surface area contributed by atoms with Crippen molar-refractivity contribution in [3.05, 3.63) is 19.2 Å². The van der Waals surface area contributed by atoms with E-state index in [9.17, 15) is 13.2 Å². The zero-order valence-corrected chi connectivity index (χ0v) is 16.1. The van der Waals surface area contributed by atoms with E-state index in [2.05, 4.69) is 31.9 Å². The van der Waals surface area contributed by atoms with Gasteiger partial charge in [0.25, 0.3) is 5.91 Å². The van der Waals surface area contributed by atoms with Crippen LogP contribution < -0.4 is 0 Å². The van der Waals surface area contributed by atoms with Crippen molar-refractivity contribution in [3.8, 4) is 0 Å². The Hall–Kier alpha value is 0.0400. The Morgan fingerprint density at radius 3 is 2.71 bits per heavy atom. The Morgan fingerprint density at radius 1 is 1.52 bits per heavy atom. The van der Waals surface area contributed by atoms with Crippen LogP contribution in [-0.4, -0.2) is 57.0 Å². The summed E-state index contributed by atoms with van der Waals surface area (Å²) in [7, 11) is -1.48. The first-order chi connectivity index (χ1) is 9.84. The third-order valence-electron chi connectivity index (χ3n) is 3.33. The molecule has 0 N–H and O–H groups in total. The van der Waals surface area contributed by atoms with Crippen molar-refractivity contribution in [2.75, 3.05) is 31.8 Å². The molecule has 21 heavy (non-hydrogen) atoms. The van der Waals surface area contributed by atoms with Crippen LogP contribution >= 0.6 is 43.2 Å². The number of halogens is 2. The van der Waals surface area contributed by atoms with Gasteiger partial charge in [0.15, 0.2) is 9.84 Å². The highest BCUT2D eigenvalue weighted by molar-refractivity contribution is 9.12. The molecular weight excluding hydrogens is 446 g/mol. The Balaban J connectivity index is 2.23. The lowest BCUT2D eigenvalue weighted by atomic mass is 10.2. The number of sulfone groups is 1. The number of thiophene rings is 1. The molecule has 2 rings (SSSR count). The molecule has 118 valence electrons. The first-order valence-electron chi connectivity index (χ1n) is 6.29. The minimum Gasteiger partial charge on any atom is -0.383 e. The molecule has 1 unspecified atom stereocenters. The first kappa shape index (κ1) is 17.4. The quantitative estimate of drug-likeness (QED) is 0.677. The van der Waals surface area contributed by atoms with Crippen molar-refractivity contribution in [3.63, 3.8) is 0 Å². The zero-order chi connectivity index (χ0) is 15.6. The number of hydrogen-bond donors (Lipinski definition) is 0. The minimum atomic E-state index is -3.04. The van der Waals surface area contributed by atoms with Crippen molar-refractivity contribution in [1.29, 1.82) is 0 Å². The second-order valence-electron chi connectivity index (χ2n) is 4.79. The lowest BCUT2D eigenvalue weighted by Gasteiger charge is -2.28. The van der Waals surface area contributed by atoms with E-state index in [4.69, 9.17) is 4.74 Å². The Morgan fingerprint density at radius 2 is 2.24 bits per heavy atom. The minimum absolute atomic E-state index is 0.0331. The number of methoxy groups -OCH3 is 1. The van der Waals surface area contributed by atoms with Crippen LogP contribution in [0.5, 0.6) is 0 Å². The Kier molecular flexibility index (Phi) is 5.86. The molecule has 5 nitrogen and oxygen atoms in total. The highest BCUT2D eigenvalue weighted by Gasteiger charge is 2.35. The van der Waals surface area contributed by atoms with Crippen molar-refractivity contribution >= 4 is 58.9 Å². The normalized spacial score (nSPS) is 20.6. The number of carbonyl (C=O) groups is 1. The van der Waals surface area contributed by atoms with Gasteiger partial charge >= 0.3 is 0 Å². The fourth-order valence-corrected chi connectivity index (χ4v) is 6.81. The van der Waals surface area contributed by atoms with Crippen LogP contribution in [0.2, 0.25) is 0 Å². The Bertz CT molecular complexity index is 629. The summed E-state index contributed by atoms with van der Waals surface area (Å²) in [6.45, 7) is 0.765. The van der Waals surface area contributed by atoms with Crippen LogP contribution in [0.4, 0.5) is 0 Å². The molecule has 9 heteroatoms. The van der Waals surface area contributed by atoms with Gasteiger partial charge < -0.3 is 9.64 Å². The highest BCUT2D eigenvalue weighted by atomic mass is 79.9. The van der Waals surface area contributed by atoms with Crippen LogP contribution in [-0.2, 0) is 14.6 Å². The molecule has 1 aromatic rings. The third kappa shape index (κ3) is 4.28. The summed E-state index contributed by atoms with van der Waals surface area (Å²) < 4.78 is 30.0. The monoisotopic (exact) mass is 459 g/mol. The molecule has 2 heterocycles. The van der Waals surface area contributed by atoms with Gasteiger partial charge in [-0.2, -0.15) is 0 Å². The molecule has 0 bridgehead atoms. The molecule has 1 atom stereocenters. The summed E-state index contributed by atoms with van der Waals surface area (Å²) in [6.07, 6.45) is 0.487. The molecule has 0 radical (unpaired) electrons. The average molecular weight is 461 g/mol. The van der Waals surface area contributed by atoms with E-state index in [0.717, 1.165) is 7.57 Å². The largest absolute Gasteiger partial charge is 0.383 e. The van der Waals surface area contributed by atoms with Crippen molar-refractivity contribution in [2.24, 2.45) is 0 Å². The van der Waals surface area contributed by atoms with E-state index in [1.54, 1.807) is 18.1 Å². The number of carbonyl (C=O) groups excluding carboxylic acids is 1. The molecule has 1 aliphatic heterocycles. The van der Waals surface area contributed by atoms with E-state index in [1.165, 1.54) is 11.3 Å². The van der Waals surface area contributed by atoms with Gasteiger partial charge in [0, 0.05) is 19.7 Å². The van der Waals surface area contributed by atoms with E-state index in [1.807, 2.05) is 0 Å². The molecule has 0 saturated carbocycles. The van der Waals surface area contributed by atoms with Gasteiger partial charge in [-0.1, -0.05) is 0 Å². The fraction of sp³-hybridized carbons (Fsp3) is 0.583. The lowest BCUT2D eigenvalue weighted by molar-refractivity contribution is 0.0624. The number of hydrogen-bond acceptors (Lipinski definition) is 5. The van der Waals surface area contributed by atoms with Crippen LogP contribution in [0.3, 0.4) is 0 Å². The number of ether oxygens (including phenoxy) is 1. The molecule has 1 fully saturated rings. The van der Waals surface area contributed by atoms with E-state index in [-0.39, 0.29) is 23.5 Å². The third-order valence-corrected chi connectivity index (χ3v) is 7.42. The molecule has 0 aromatic carbocycles. The van der Waals surface area contributed by atoms with Gasteiger partial charge in [0.1, 0.15) is 0 Å². The smallest absolute Gasteiger partial charge is 0.256 e. The summed E-state index contributed by atoms with van der Waals surface area (Å²) >= 11 is 8.15. The number of nitrogens with zero attached hydrogens (tertiary/aromatic N) is 1. The van der Waals surface area contributed by atoms with Crippen LogP contribution in [0.1, 0.15) is 16.8 Å². The standard InChI is InChI=1S/C12H15Br2NO4S2/c1-19-4-3-15(8-2-5-21(17,18)7-8)12(16)9-6-10(13)20-11(9)14/h6,8H,2-5,7H2,1H3. The van der Waals surface area contributed by atoms with E-state index >= 15 is 0 Å². The SMILES string of the molecule is COCCN(C(=O)c1cc(Br)sc1Br)C1CCS(=O)(=O)C1. The maximum Gasteiger partial charge on any atom is 0.256 e. The van der Waals surface area contributed by atoms with E-state index < -0.39 is 9.84 Å². The van der Waals surface area contributed by atoms with Crippen molar-refractivity contribution in [1.82, 2.24) is 4.90 Å². The first-order valence-corrected chi connectivity index (χ1v) is 10.5. The zero-order valence-electron chi connectivity index (χ0n) is 11.3. The van der Waals surface area contributed by atoms with Crippen molar-refractivity contribution < 1.29 is 17.9 Å². The maximum atomic E-state index is 12.7. The van der Waals surface area contributed by atoms with E-state index in [0.29, 0.717) is 25.1 Å². The molecule has 0 spiro atoms. The fourth-order valence-electron chi connectivity index (χ4n) is 2.30. The summed E-state index contributed by atoms with van der Waals surface area (Å²) in [5.41, 5.74) is 0.548. The summed E-state index contributed by atoms with van der Waals surface area (Å²) in [5.74, 6) is 0.0110. The molecule has 1 amide bonds. The van der Waals surface area contributed by atoms with Gasteiger partial charge in [-0.15, -0.1) is 11.3 Å². The maximum absolute atomic E-state index is 12.7. The van der Waals surface area contributed by atoms with Gasteiger partial charge in [-0.05, 0) is 44.3 Å². The molecule has 0 aliphatic carbocycles. The highest BCUT2D eigenvalue weighted by Crippen LogP contribution is 2.33. The molecule has 1 aliphatic rings. The van der Waals surface area contributed by atoms with Gasteiger partial charge in [0.05, 0.1) is 31.2 Å². The number of rotatable bonds is 5. The van der Waals surface area contributed by atoms with Crippen LogP contribution in [0, 0.1) is 0 Å². The summed E-state index contributed by atoms with van der Waals surface area (Å²) in [4.78, 5) is 14.3. The van der Waals surface area contributed by atoms with Gasteiger partial charge in [0.2, 0.25) is 0 Å².